The Hall–Kier alpha value is -1.94. The van der Waals surface area contributed by atoms with E-state index in [0.29, 0.717) is 0 Å². The number of thioether (sulfide) groups is 1. The van der Waals surface area contributed by atoms with Gasteiger partial charge >= 0.3 is 0 Å². The second kappa shape index (κ2) is 5.82. The number of amides is 1. The Bertz CT molecular complexity index is 654. The second-order valence-electron chi connectivity index (χ2n) is 5.30. The third-order valence-corrected chi connectivity index (χ3v) is 4.99. The van der Waals surface area contributed by atoms with E-state index in [0.717, 1.165) is 22.6 Å². The second-order valence-corrected chi connectivity index (χ2v) is 6.36. The van der Waals surface area contributed by atoms with Crippen LogP contribution in [0.1, 0.15) is 30.0 Å². The summed E-state index contributed by atoms with van der Waals surface area (Å²) in [4.78, 5) is 13.7. The number of hydrogen-bond donors (Lipinski definition) is 2. The molecule has 0 bridgehead atoms. The van der Waals surface area contributed by atoms with Gasteiger partial charge in [-0.1, -0.05) is 30.3 Å². The highest BCUT2D eigenvalue weighted by molar-refractivity contribution is 7.99. The number of nitrogens with two attached hydrogens (primary N) is 1. The summed E-state index contributed by atoms with van der Waals surface area (Å²) in [5.41, 5.74) is 8.63. The van der Waals surface area contributed by atoms with Crippen molar-refractivity contribution in [2.45, 2.75) is 23.8 Å². The van der Waals surface area contributed by atoms with Gasteiger partial charge in [-0.2, -0.15) is 0 Å². The molecule has 1 heterocycles. The number of fused-ring (bicyclic) bond motifs is 1. The van der Waals surface area contributed by atoms with E-state index in [1.165, 1.54) is 4.90 Å². The molecule has 1 aliphatic rings. The van der Waals surface area contributed by atoms with E-state index in [1.807, 2.05) is 49.4 Å². The molecule has 0 aliphatic carbocycles. The molecule has 3 nitrogen and oxygen atoms in total. The molecule has 1 amide bonds. The molecule has 0 radical (unpaired) electrons. The highest BCUT2D eigenvalue weighted by Crippen LogP contribution is 2.39. The Morgan fingerprint density at radius 3 is 2.71 bits per heavy atom. The zero-order valence-electron chi connectivity index (χ0n) is 11.9. The summed E-state index contributed by atoms with van der Waals surface area (Å²) in [6.45, 7) is 2.00. The lowest BCUT2D eigenvalue weighted by molar-refractivity contribution is -0.122. The third kappa shape index (κ3) is 2.90. The maximum atomic E-state index is 12.5. The van der Waals surface area contributed by atoms with Gasteiger partial charge in [0.05, 0.1) is 12.0 Å². The smallest absolute Gasteiger partial charge is 0.228 e. The van der Waals surface area contributed by atoms with Crippen molar-refractivity contribution in [3.63, 3.8) is 0 Å². The van der Waals surface area contributed by atoms with Crippen molar-refractivity contribution < 1.29 is 4.79 Å². The van der Waals surface area contributed by atoms with Gasteiger partial charge in [0.15, 0.2) is 0 Å². The number of carbonyl (C=O) groups excluding carboxylic acids is 1. The average Bonchev–Trinajstić information content (AvgIpc) is 2.92. The van der Waals surface area contributed by atoms with Gasteiger partial charge in [-0.3, -0.25) is 4.79 Å². The van der Waals surface area contributed by atoms with Crippen molar-refractivity contribution in [2.75, 3.05) is 11.5 Å². The molecule has 21 heavy (non-hydrogen) atoms. The van der Waals surface area contributed by atoms with E-state index in [4.69, 9.17) is 5.73 Å². The quantitative estimate of drug-likeness (QED) is 0.855. The van der Waals surface area contributed by atoms with Crippen LogP contribution in [-0.4, -0.2) is 11.7 Å². The van der Waals surface area contributed by atoms with Crippen LogP contribution in [0.4, 0.5) is 5.69 Å². The van der Waals surface area contributed by atoms with E-state index >= 15 is 0 Å². The Balaban J connectivity index is 1.71. The first kappa shape index (κ1) is 14.0. The zero-order valence-corrected chi connectivity index (χ0v) is 12.7. The maximum absolute atomic E-state index is 12.5. The van der Waals surface area contributed by atoms with Crippen LogP contribution < -0.4 is 11.1 Å². The summed E-state index contributed by atoms with van der Waals surface area (Å²) >= 11 is 1.75. The van der Waals surface area contributed by atoms with Crippen molar-refractivity contribution >= 4 is 23.4 Å². The SMILES string of the molecule is CC(NC(=O)C1CSc2ccccc21)c1ccc(N)cc1. The molecule has 0 fully saturated rings. The summed E-state index contributed by atoms with van der Waals surface area (Å²) in [5, 5.41) is 3.11. The number of benzene rings is 2. The Labute approximate surface area is 128 Å². The molecular weight excluding hydrogens is 280 g/mol. The van der Waals surface area contributed by atoms with Crippen LogP contribution in [-0.2, 0) is 4.79 Å². The molecule has 108 valence electrons. The zero-order chi connectivity index (χ0) is 14.8. The molecule has 0 saturated heterocycles. The predicted molar refractivity (Wildman–Crippen MR) is 87.3 cm³/mol. The van der Waals surface area contributed by atoms with E-state index in [1.54, 1.807) is 11.8 Å². The summed E-state index contributed by atoms with van der Waals surface area (Å²) in [6, 6.07) is 15.8. The number of carbonyl (C=O) groups is 1. The first-order valence-corrected chi connectivity index (χ1v) is 8.01. The van der Waals surface area contributed by atoms with Crippen LogP contribution in [0.2, 0.25) is 0 Å². The fraction of sp³-hybridized carbons (Fsp3) is 0.235. The van der Waals surface area contributed by atoms with Gasteiger partial charge in [0.1, 0.15) is 0 Å². The summed E-state index contributed by atoms with van der Waals surface area (Å²) in [5.74, 6) is 0.860. The van der Waals surface area contributed by atoms with Gasteiger partial charge in [0, 0.05) is 16.3 Å². The van der Waals surface area contributed by atoms with E-state index in [9.17, 15) is 4.79 Å². The summed E-state index contributed by atoms with van der Waals surface area (Å²) < 4.78 is 0. The molecule has 2 aromatic carbocycles. The highest BCUT2D eigenvalue weighted by Gasteiger charge is 2.29. The molecule has 3 N–H and O–H groups in total. The van der Waals surface area contributed by atoms with Crippen LogP contribution in [0.15, 0.2) is 53.4 Å². The largest absolute Gasteiger partial charge is 0.399 e. The first-order chi connectivity index (χ1) is 10.1. The lowest BCUT2D eigenvalue weighted by atomic mass is 9.99. The standard InChI is InChI=1S/C17H18N2OS/c1-11(12-6-8-13(18)9-7-12)19-17(20)15-10-21-16-5-3-2-4-14(15)16/h2-9,11,15H,10,18H2,1H3,(H,19,20). The first-order valence-electron chi connectivity index (χ1n) is 7.02. The van der Waals surface area contributed by atoms with Crippen LogP contribution in [0, 0.1) is 0 Å². The Morgan fingerprint density at radius 2 is 1.95 bits per heavy atom. The van der Waals surface area contributed by atoms with Crippen LogP contribution in [0.3, 0.4) is 0 Å². The monoisotopic (exact) mass is 298 g/mol. The van der Waals surface area contributed by atoms with Crippen LogP contribution >= 0.6 is 11.8 Å². The van der Waals surface area contributed by atoms with Gasteiger partial charge in [-0.25, -0.2) is 0 Å². The maximum Gasteiger partial charge on any atom is 0.228 e. The molecule has 2 aromatic rings. The van der Waals surface area contributed by atoms with Gasteiger partial charge in [-0.05, 0) is 36.2 Å². The van der Waals surface area contributed by atoms with Crippen LogP contribution in [0.5, 0.6) is 0 Å². The highest BCUT2D eigenvalue weighted by atomic mass is 32.2. The van der Waals surface area contributed by atoms with Gasteiger partial charge < -0.3 is 11.1 Å². The van der Waals surface area contributed by atoms with Crippen molar-refractivity contribution in [1.82, 2.24) is 5.32 Å². The van der Waals surface area contributed by atoms with Gasteiger partial charge in [-0.15, -0.1) is 11.8 Å². The number of hydrogen-bond acceptors (Lipinski definition) is 3. The minimum Gasteiger partial charge on any atom is -0.399 e. The molecule has 2 unspecified atom stereocenters. The number of rotatable bonds is 3. The van der Waals surface area contributed by atoms with Crippen molar-refractivity contribution in [3.8, 4) is 0 Å². The minimum atomic E-state index is -0.0533. The molecule has 4 heteroatoms. The normalized spacial score (nSPS) is 18.0. The molecular formula is C17H18N2OS. The van der Waals surface area contributed by atoms with E-state index < -0.39 is 0 Å². The number of nitrogens with one attached hydrogen (secondary N) is 1. The molecule has 1 aliphatic heterocycles. The van der Waals surface area contributed by atoms with Crippen LogP contribution in [0.25, 0.3) is 0 Å². The molecule has 3 rings (SSSR count). The molecule has 0 aromatic heterocycles. The fourth-order valence-electron chi connectivity index (χ4n) is 2.56. The van der Waals surface area contributed by atoms with Crippen molar-refractivity contribution in [3.05, 3.63) is 59.7 Å². The predicted octanol–water partition coefficient (Wildman–Crippen LogP) is 3.34. The molecule has 0 spiro atoms. The topological polar surface area (TPSA) is 55.1 Å². The molecule has 0 saturated carbocycles. The minimum absolute atomic E-state index is 0.0177. The van der Waals surface area contributed by atoms with Gasteiger partial charge in [0.25, 0.3) is 0 Å². The average molecular weight is 298 g/mol. The molecule has 2 atom stereocenters. The Kier molecular flexibility index (Phi) is 3.88. The van der Waals surface area contributed by atoms with E-state index in [2.05, 4.69) is 11.4 Å². The lowest BCUT2D eigenvalue weighted by Gasteiger charge is -2.18. The Morgan fingerprint density at radius 1 is 1.24 bits per heavy atom. The van der Waals surface area contributed by atoms with E-state index in [-0.39, 0.29) is 17.9 Å². The fourth-order valence-corrected chi connectivity index (χ4v) is 3.79. The van der Waals surface area contributed by atoms with Gasteiger partial charge in [0.2, 0.25) is 5.91 Å². The summed E-state index contributed by atoms with van der Waals surface area (Å²) in [7, 11) is 0. The van der Waals surface area contributed by atoms with Crippen molar-refractivity contribution in [2.24, 2.45) is 0 Å². The lowest BCUT2D eigenvalue weighted by Crippen LogP contribution is -2.31. The summed E-state index contributed by atoms with van der Waals surface area (Å²) in [6.07, 6.45) is 0. The number of anilines is 1. The number of nitrogen functional groups attached to an aromatic ring is 1. The van der Waals surface area contributed by atoms with Crippen molar-refractivity contribution in [1.29, 1.82) is 0 Å². The third-order valence-electron chi connectivity index (χ3n) is 3.81.